The number of benzene rings is 2. The molecule has 5 heteroatoms. The van der Waals surface area contributed by atoms with E-state index >= 15 is 0 Å². The van der Waals surface area contributed by atoms with Gasteiger partial charge in [-0.2, -0.15) is 0 Å². The Bertz CT molecular complexity index is 599. The first-order valence-corrected chi connectivity index (χ1v) is 6.89. The Balaban J connectivity index is 2.09. The summed E-state index contributed by atoms with van der Waals surface area (Å²) in [5.74, 6) is -1.52. The molecule has 0 saturated heterocycles. The minimum absolute atomic E-state index is 0.0201. The van der Waals surface area contributed by atoms with Gasteiger partial charge in [-0.15, -0.1) is 0 Å². The Labute approximate surface area is 123 Å². The normalized spacial score (nSPS) is 12.4. The molecule has 0 spiro atoms. The summed E-state index contributed by atoms with van der Waals surface area (Å²) in [5.41, 5.74) is 0.829. The van der Waals surface area contributed by atoms with Crippen molar-refractivity contribution in [3.8, 4) is 0 Å². The molecule has 0 heterocycles. The van der Waals surface area contributed by atoms with Gasteiger partial charge in [-0.25, -0.2) is 13.2 Å². The first-order chi connectivity index (χ1) is 9.49. The molecule has 1 atom stereocenters. The third-order valence-corrected chi connectivity index (χ3v) is 3.71. The van der Waals surface area contributed by atoms with E-state index in [-0.39, 0.29) is 28.4 Å². The van der Waals surface area contributed by atoms with Gasteiger partial charge in [0.15, 0.2) is 0 Å². The Hall–Kier alpha value is -1.33. The molecule has 0 bridgehead atoms. The highest BCUT2D eigenvalue weighted by molar-refractivity contribution is 9.10. The van der Waals surface area contributed by atoms with Gasteiger partial charge in [0.25, 0.3) is 0 Å². The quantitative estimate of drug-likeness (QED) is 0.792. The first-order valence-electron chi connectivity index (χ1n) is 6.10. The third-order valence-electron chi connectivity index (χ3n) is 3.09. The van der Waals surface area contributed by atoms with Crippen LogP contribution in [0.1, 0.15) is 24.1 Å². The highest BCUT2D eigenvalue weighted by Gasteiger charge is 2.13. The Morgan fingerprint density at radius 1 is 1.05 bits per heavy atom. The van der Waals surface area contributed by atoms with Crippen LogP contribution in [0.25, 0.3) is 0 Å². The molecule has 20 heavy (non-hydrogen) atoms. The third kappa shape index (κ3) is 3.41. The molecule has 2 rings (SSSR count). The standard InChI is InChI=1S/C15H13BrF3N/c1-9(10-2-4-11(17)5-3-10)20-8-12-14(18)7-6-13(16)15(12)19/h2-7,9,20H,8H2,1H3/t9-/m1/s1. The van der Waals surface area contributed by atoms with E-state index in [9.17, 15) is 13.2 Å². The largest absolute Gasteiger partial charge is 0.306 e. The molecule has 0 saturated carbocycles. The lowest BCUT2D eigenvalue weighted by molar-refractivity contribution is 0.506. The van der Waals surface area contributed by atoms with E-state index in [0.29, 0.717) is 0 Å². The Morgan fingerprint density at radius 2 is 1.70 bits per heavy atom. The molecule has 2 aromatic rings. The van der Waals surface area contributed by atoms with Gasteiger partial charge in [-0.3, -0.25) is 0 Å². The summed E-state index contributed by atoms with van der Waals surface area (Å²) in [4.78, 5) is 0. The van der Waals surface area contributed by atoms with Crippen LogP contribution in [0.5, 0.6) is 0 Å². The van der Waals surface area contributed by atoms with E-state index in [2.05, 4.69) is 21.2 Å². The predicted molar refractivity (Wildman–Crippen MR) is 75.7 cm³/mol. The number of hydrogen-bond acceptors (Lipinski definition) is 1. The van der Waals surface area contributed by atoms with Gasteiger partial charge < -0.3 is 5.32 Å². The maximum atomic E-state index is 13.8. The highest BCUT2D eigenvalue weighted by atomic mass is 79.9. The molecule has 0 aliphatic rings. The van der Waals surface area contributed by atoms with Gasteiger partial charge >= 0.3 is 0 Å². The first kappa shape index (κ1) is 15.1. The number of rotatable bonds is 4. The summed E-state index contributed by atoms with van der Waals surface area (Å²) >= 11 is 3.03. The van der Waals surface area contributed by atoms with Gasteiger partial charge in [0.2, 0.25) is 0 Å². The summed E-state index contributed by atoms with van der Waals surface area (Å²) in [6, 6.07) is 8.39. The van der Waals surface area contributed by atoms with Crippen molar-refractivity contribution in [2.45, 2.75) is 19.5 Å². The molecule has 0 fully saturated rings. The molecule has 0 unspecified atom stereocenters. The highest BCUT2D eigenvalue weighted by Crippen LogP contribution is 2.22. The zero-order chi connectivity index (χ0) is 14.7. The van der Waals surface area contributed by atoms with Crippen LogP contribution in [-0.4, -0.2) is 0 Å². The zero-order valence-electron chi connectivity index (χ0n) is 10.8. The van der Waals surface area contributed by atoms with Crippen LogP contribution < -0.4 is 5.32 Å². The molecule has 0 aromatic heterocycles. The predicted octanol–water partition coefficient (Wildman–Crippen LogP) is 4.72. The van der Waals surface area contributed by atoms with Gasteiger partial charge in [0.05, 0.1) is 4.47 Å². The molecule has 0 radical (unpaired) electrons. The second kappa shape index (κ2) is 6.41. The zero-order valence-corrected chi connectivity index (χ0v) is 12.3. The van der Waals surface area contributed by atoms with Crippen molar-refractivity contribution in [2.24, 2.45) is 0 Å². The maximum Gasteiger partial charge on any atom is 0.144 e. The average molecular weight is 344 g/mol. The molecule has 0 aliphatic carbocycles. The fraction of sp³-hybridized carbons (Fsp3) is 0.200. The van der Waals surface area contributed by atoms with E-state index < -0.39 is 11.6 Å². The lowest BCUT2D eigenvalue weighted by atomic mass is 10.1. The number of halogens is 4. The smallest absolute Gasteiger partial charge is 0.144 e. The monoisotopic (exact) mass is 343 g/mol. The number of hydrogen-bond donors (Lipinski definition) is 1. The number of nitrogens with one attached hydrogen (secondary N) is 1. The maximum absolute atomic E-state index is 13.8. The van der Waals surface area contributed by atoms with E-state index in [1.165, 1.54) is 24.3 Å². The van der Waals surface area contributed by atoms with Crippen LogP contribution in [0.15, 0.2) is 40.9 Å². The van der Waals surface area contributed by atoms with Crippen LogP contribution in [0.4, 0.5) is 13.2 Å². The van der Waals surface area contributed by atoms with Crippen LogP contribution in [-0.2, 0) is 6.54 Å². The molecule has 1 N–H and O–H groups in total. The summed E-state index contributed by atoms with van der Waals surface area (Å²) in [5, 5.41) is 3.02. The fourth-order valence-electron chi connectivity index (χ4n) is 1.86. The van der Waals surface area contributed by atoms with Crippen molar-refractivity contribution in [1.82, 2.24) is 5.32 Å². The summed E-state index contributed by atoms with van der Waals surface area (Å²) < 4.78 is 40.4. The topological polar surface area (TPSA) is 12.0 Å². The van der Waals surface area contributed by atoms with Crippen LogP contribution in [0, 0.1) is 17.5 Å². The van der Waals surface area contributed by atoms with Crippen molar-refractivity contribution in [3.63, 3.8) is 0 Å². The van der Waals surface area contributed by atoms with Crippen molar-refractivity contribution < 1.29 is 13.2 Å². The molecule has 106 valence electrons. The van der Waals surface area contributed by atoms with Gasteiger partial charge in [-0.1, -0.05) is 12.1 Å². The minimum atomic E-state index is -0.608. The molecular weight excluding hydrogens is 331 g/mol. The van der Waals surface area contributed by atoms with Crippen LogP contribution in [0.2, 0.25) is 0 Å². The molecule has 0 aliphatic heterocycles. The second-order valence-corrected chi connectivity index (χ2v) is 5.33. The molecule has 1 nitrogen and oxygen atoms in total. The van der Waals surface area contributed by atoms with Crippen molar-refractivity contribution in [2.75, 3.05) is 0 Å². The van der Waals surface area contributed by atoms with Gasteiger partial charge in [0, 0.05) is 18.2 Å². The van der Waals surface area contributed by atoms with Crippen molar-refractivity contribution in [1.29, 1.82) is 0 Å². The lowest BCUT2D eigenvalue weighted by Gasteiger charge is -2.15. The summed E-state index contributed by atoms with van der Waals surface area (Å²) in [6.07, 6.45) is 0. The van der Waals surface area contributed by atoms with Crippen molar-refractivity contribution >= 4 is 15.9 Å². The van der Waals surface area contributed by atoms with E-state index in [1.807, 2.05) is 6.92 Å². The van der Waals surface area contributed by atoms with E-state index in [4.69, 9.17) is 0 Å². The molecular formula is C15H13BrF3N. The fourth-order valence-corrected chi connectivity index (χ4v) is 2.23. The second-order valence-electron chi connectivity index (χ2n) is 4.48. The van der Waals surface area contributed by atoms with Crippen LogP contribution in [0.3, 0.4) is 0 Å². The summed E-state index contributed by atoms with van der Waals surface area (Å²) in [6.45, 7) is 1.90. The SMILES string of the molecule is C[C@@H](NCc1c(F)ccc(Br)c1F)c1ccc(F)cc1. The molecule has 2 aromatic carbocycles. The Kier molecular flexibility index (Phi) is 4.83. The van der Waals surface area contributed by atoms with E-state index in [1.54, 1.807) is 12.1 Å². The summed E-state index contributed by atoms with van der Waals surface area (Å²) in [7, 11) is 0. The Morgan fingerprint density at radius 3 is 2.35 bits per heavy atom. The van der Waals surface area contributed by atoms with Gasteiger partial charge in [0.1, 0.15) is 17.5 Å². The van der Waals surface area contributed by atoms with E-state index in [0.717, 1.165) is 5.56 Å². The molecule has 0 amide bonds. The lowest BCUT2D eigenvalue weighted by Crippen LogP contribution is -2.19. The minimum Gasteiger partial charge on any atom is -0.306 e. The van der Waals surface area contributed by atoms with Gasteiger partial charge in [-0.05, 0) is 52.7 Å². The average Bonchev–Trinajstić information content (AvgIpc) is 2.43. The van der Waals surface area contributed by atoms with Crippen LogP contribution >= 0.6 is 15.9 Å². The van der Waals surface area contributed by atoms with Crippen molar-refractivity contribution in [3.05, 3.63) is 69.4 Å².